The van der Waals surface area contributed by atoms with E-state index in [0.717, 1.165) is 32.5 Å². The van der Waals surface area contributed by atoms with Crippen molar-refractivity contribution in [3.8, 4) is 0 Å². The topological polar surface area (TPSA) is 52.7 Å². The summed E-state index contributed by atoms with van der Waals surface area (Å²) in [5.41, 5.74) is 2.43. The first kappa shape index (κ1) is 20.1. The van der Waals surface area contributed by atoms with Crippen molar-refractivity contribution in [1.29, 1.82) is 0 Å². The van der Waals surface area contributed by atoms with Crippen molar-refractivity contribution in [3.05, 3.63) is 71.3 Å². The maximum absolute atomic E-state index is 12.5. The summed E-state index contributed by atoms with van der Waals surface area (Å²) in [4.78, 5) is 28.5. The zero-order chi connectivity index (χ0) is 19.9. The lowest BCUT2D eigenvalue weighted by molar-refractivity contribution is 0.0827. The highest BCUT2D eigenvalue weighted by atomic mass is 16.2. The van der Waals surface area contributed by atoms with E-state index < -0.39 is 0 Å². The molecule has 0 aromatic heterocycles. The Kier molecular flexibility index (Phi) is 6.82. The van der Waals surface area contributed by atoms with Gasteiger partial charge >= 0.3 is 0 Å². The number of nitrogens with one attached hydrogen (secondary N) is 1. The number of carbonyl (C=O) groups excluding carboxylic acids is 2. The number of hydrogen-bond acceptors (Lipinski definition) is 3. The van der Waals surface area contributed by atoms with E-state index in [2.05, 4.69) is 34.5 Å². The highest BCUT2D eigenvalue weighted by molar-refractivity contribution is 5.99. The van der Waals surface area contributed by atoms with Crippen molar-refractivity contribution in [2.24, 2.45) is 5.92 Å². The van der Waals surface area contributed by atoms with E-state index in [0.29, 0.717) is 23.6 Å². The minimum atomic E-state index is -0.115. The summed E-state index contributed by atoms with van der Waals surface area (Å²) in [7, 11) is 3.41. The first-order valence-corrected chi connectivity index (χ1v) is 9.89. The number of hydrogen-bond donors (Lipinski definition) is 1. The number of nitrogens with zero attached hydrogens (tertiary/aromatic N) is 2. The Morgan fingerprint density at radius 3 is 2.57 bits per heavy atom. The largest absolute Gasteiger partial charge is 0.352 e. The molecule has 5 heteroatoms. The Balaban J connectivity index is 1.45. The van der Waals surface area contributed by atoms with Gasteiger partial charge in [0, 0.05) is 44.9 Å². The molecule has 0 bridgehead atoms. The van der Waals surface area contributed by atoms with Gasteiger partial charge in [0.25, 0.3) is 11.8 Å². The average Bonchev–Trinajstić information content (AvgIpc) is 3.18. The van der Waals surface area contributed by atoms with E-state index in [9.17, 15) is 9.59 Å². The van der Waals surface area contributed by atoms with E-state index >= 15 is 0 Å². The predicted molar refractivity (Wildman–Crippen MR) is 111 cm³/mol. The normalized spacial score (nSPS) is 16.7. The number of carbonyl (C=O) groups is 2. The fourth-order valence-electron chi connectivity index (χ4n) is 3.61. The minimum absolute atomic E-state index is 0.0977. The van der Waals surface area contributed by atoms with Crippen LogP contribution < -0.4 is 5.32 Å². The third-order valence-electron chi connectivity index (χ3n) is 5.26. The van der Waals surface area contributed by atoms with Crippen LogP contribution in [0.3, 0.4) is 0 Å². The molecule has 0 radical (unpaired) electrons. The molecular formula is C23H29N3O2. The van der Waals surface area contributed by atoms with Crippen molar-refractivity contribution in [2.45, 2.75) is 12.8 Å². The molecule has 0 spiro atoms. The first-order valence-electron chi connectivity index (χ1n) is 9.89. The van der Waals surface area contributed by atoms with Gasteiger partial charge in [-0.1, -0.05) is 36.4 Å². The van der Waals surface area contributed by atoms with Gasteiger partial charge in [-0.15, -0.1) is 0 Å². The second-order valence-electron chi connectivity index (χ2n) is 7.68. The Morgan fingerprint density at radius 2 is 1.82 bits per heavy atom. The Hall–Kier alpha value is -2.66. The fourth-order valence-corrected chi connectivity index (χ4v) is 3.61. The quantitative estimate of drug-likeness (QED) is 0.805. The van der Waals surface area contributed by atoms with Crippen LogP contribution in [-0.4, -0.2) is 61.9 Å². The summed E-state index contributed by atoms with van der Waals surface area (Å²) in [6.07, 6.45) is 2.17. The molecule has 3 rings (SSSR count). The summed E-state index contributed by atoms with van der Waals surface area (Å²) < 4.78 is 0. The second kappa shape index (κ2) is 9.51. The standard InChI is InChI=1S/C23H29N3O2/c1-25(2)23(28)21-10-6-9-20(15-21)22(27)24-16-19-12-14-26(17-19)13-11-18-7-4-3-5-8-18/h3-10,15,19H,11-14,16-17H2,1-2H3,(H,24,27). The lowest BCUT2D eigenvalue weighted by atomic mass is 10.1. The molecule has 0 aliphatic carbocycles. The van der Waals surface area contributed by atoms with E-state index in [1.165, 1.54) is 10.5 Å². The van der Waals surface area contributed by atoms with E-state index in [4.69, 9.17) is 0 Å². The predicted octanol–water partition coefficient (Wildman–Crippen LogP) is 2.68. The molecule has 148 valence electrons. The van der Waals surface area contributed by atoms with Gasteiger partial charge < -0.3 is 15.1 Å². The van der Waals surface area contributed by atoms with Gasteiger partial charge in [0.1, 0.15) is 0 Å². The molecule has 2 aromatic carbocycles. The molecule has 1 unspecified atom stereocenters. The molecule has 1 N–H and O–H groups in total. The SMILES string of the molecule is CN(C)C(=O)c1cccc(C(=O)NCC2CCN(CCc3ccccc3)C2)c1. The molecular weight excluding hydrogens is 350 g/mol. The minimum Gasteiger partial charge on any atom is -0.352 e. The van der Waals surface area contributed by atoms with Crippen molar-refractivity contribution >= 4 is 11.8 Å². The molecule has 1 saturated heterocycles. The molecule has 1 aliphatic heterocycles. The van der Waals surface area contributed by atoms with Crippen LogP contribution in [0.5, 0.6) is 0 Å². The van der Waals surface area contributed by atoms with Gasteiger partial charge in [0.05, 0.1) is 0 Å². The third-order valence-corrected chi connectivity index (χ3v) is 5.26. The van der Waals surface area contributed by atoms with Crippen molar-refractivity contribution in [3.63, 3.8) is 0 Å². The number of likely N-dealkylation sites (tertiary alicyclic amines) is 1. The van der Waals surface area contributed by atoms with Crippen molar-refractivity contribution in [1.82, 2.24) is 15.1 Å². The highest BCUT2D eigenvalue weighted by Crippen LogP contribution is 2.16. The van der Waals surface area contributed by atoms with Gasteiger partial charge in [-0.3, -0.25) is 9.59 Å². The zero-order valence-electron chi connectivity index (χ0n) is 16.7. The maximum Gasteiger partial charge on any atom is 0.253 e. The van der Waals surface area contributed by atoms with Crippen LogP contribution in [0.2, 0.25) is 0 Å². The molecule has 1 aliphatic rings. The van der Waals surface area contributed by atoms with Gasteiger partial charge in [0.15, 0.2) is 0 Å². The van der Waals surface area contributed by atoms with Crippen LogP contribution in [0.1, 0.15) is 32.7 Å². The zero-order valence-corrected chi connectivity index (χ0v) is 16.7. The third kappa shape index (κ3) is 5.42. The number of amides is 2. The maximum atomic E-state index is 12.5. The van der Waals surface area contributed by atoms with Crippen molar-refractivity contribution in [2.75, 3.05) is 40.3 Å². The average molecular weight is 380 g/mol. The van der Waals surface area contributed by atoms with Gasteiger partial charge in [0.2, 0.25) is 0 Å². The Bertz CT molecular complexity index is 805. The van der Waals surface area contributed by atoms with Crippen LogP contribution in [-0.2, 0) is 6.42 Å². The molecule has 1 heterocycles. The number of rotatable bonds is 7. The lowest BCUT2D eigenvalue weighted by Crippen LogP contribution is -2.31. The lowest BCUT2D eigenvalue weighted by Gasteiger charge is -2.16. The monoisotopic (exact) mass is 379 g/mol. The van der Waals surface area contributed by atoms with Crippen molar-refractivity contribution < 1.29 is 9.59 Å². The summed E-state index contributed by atoms with van der Waals surface area (Å²) in [6, 6.07) is 17.5. The summed E-state index contributed by atoms with van der Waals surface area (Å²) in [5, 5.41) is 3.04. The van der Waals surface area contributed by atoms with Crippen LogP contribution in [0.4, 0.5) is 0 Å². The van der Waals surface area contributed by atoms with Gasteiger partial charge in [-0.25, -0.2) is 0 Å². The van der Waals surface area contributed by atoms with Crippen LogP contribution in [0.15, 0.2) is 54.6 Å². The molecule has 2 amide bonds. The summed E-state index contributed by atoms with van der Waals surface area (Å²) >= 11 is 0. The van der Waals surface area contributed by atoms with Crippen LogP contribution in [0.25, 0.3) is 0 Å². The molecule has 5 nitrogen and oxygen atoms in total. The molecule has 28 heavy (non-hydrogen) atoms. The molecule has 0 saturated carbocycles. The van der Waals surface area contributed by atoms with E-state index in [1.54, 1.807) is 38.4 Å². The van der Waals surface area contributed by atoms with Gasteiger partial charge in [-0.05, 0) is 49.1 Å². The first-order chi connectivity index (χ1) is 13.5. The highest BCUT2D eigenvalue weighted by Gasteiger charge is 2.22. The van der Waals surface area contributed by atoms with E-state index in [1.807, 2.05) is 6.07 Å². The molecule has 1 fully saturated rings. The van der Waals surface area contributed by atoms with E-state index in [-0.39, 0.29) is 11.8 Å². The van der Waals surface area contributed by atoms with Gasteiger partial charge in [-0.2, -0.15) is 0 Å². The molecule has 1 atom stereocenters. The number of benzene rings is 2. The summed E-state index contributed by atoms with van der Waals surface area (Å²) in [5.74, 6) is 0.266. The Labute approximate surface area is 167 Å². The smallest absolute Gasteiger partial charge is 0.253 e. The van der Waals surface area contributed by atoms with Crippen LogP contribution >= 0.6 is 0 Å². The summed E-state index contributed by atoms with van der Waals surface area (Å²) in [6.45, 7) is 3.84. The van der Waals surface area contributed by atoms with Crippen LogP contribution in [0, 0.1) is 5.92 Å². The second-order valence-corrected chi connectivity index (χ2v) is 7.68. The fraction of sp³-hybridized carbons (Fsp3) is 0.391. The molecule has 2 aromatic rings. The Morgan fingerprint density at radius 1 is 1.07 bits per heavy atom.